The van der Waals surface area contributed by atoms with Crippen molar-refractivity contribution >= 4 is 23.7 Å². The Morgan fingerprint density at radius 2 is 1.70 bits per heavy atom. The van der Waals surface area contributed by atoms with Crippen LogP contribution in [0.5, 0.6) is 0 Å². The SMILES string of the molecule is Cc1ccc(CSCC(=O)N2CCN(C/C=C/c3ccccc3)CC2)cc1. The number of rotatable bonds is 7. The Morgan fingerprint density at radius 1 is 1.00 bits per heavy atom. The summed E-state index contributed by atoms with van der Waals surface area (Å²) in [5, 5.41) is 0. The van der Waals surface area contributed by atoms with E-state index in [0.717, 1.165) is 38.5 Å². The molecule has 1 aliphatic rings. The molecule has 2 aromatic rings. The predicted molar refractivity (Wildman–Crippen MR) is 116 cm³/mol. The summed E-state index contributed by atoms with van der Waals surface area (Å²) < 4.78 is 0. The summed E-state index contributed by atoms with van der Waals surface area (Å²) in [6.07, 6.45) is 4.38. The van der Waals surface area contributed by atoms with E-state index in [4.69, 9.17) is 0 Å². The van der Waals surface area contributed by atoms with Gasteiger partial charge in [0.1, 0.15) is 0 Å². The Kier molecular flexibility index (Phi) is 7.55. The number of piperazine rings is 1. The van der Waals surface area contributed by atoms with Crippen LogP contribution in [-0.4, -0.2) is 54.2 Å². The number of carbonyl (C=O) groups is 1. The lowest BCUT2D eigenvalue weighted by molar-refractivity contribution is -0.129. The zero-order chi connectivity index (χ0) is 18.9. The average Bonchev–Trinajstić information content (AvgIpc) is 2.71. The highest BCUT2D eigenvalue weighted by Crippen LogP contribution is 2.14. The number of hydrogen-bond donors (Lipinski definition) is 0. The maximum absolute atomic E-state index is 12.4. The minimum Gasteiger partial charge on any atom is -0.339 e. The number of benzene rings is 2. The molecule has 1 fully saturated rings. The number of carbonyl (C=O) groups excluding carboxylic acids is 1. The van der Waals surface area contributed by atoms with E-state index in [9.17, 15) is 4.79 Å². The molecule has 3 nitrogen and oxygen atoms in total. The van der Waals surface area contributed by atoms with E-state index >= 15 is 0 Å². The first-order chi connectivity index (χ1) is 13.2. The maximum atomic E-state index is 12.4. The topological polar surface area (TPSA) is 23.6 Å². The van der Waals surface area contributed by atoms with Gasteiger partial charge in [-0.05, 0) is 18.1 Å². The van der Waals surface area contributed by atoms with Gasteiger partial charge >= 0.3 is 0 Å². The highest BCUT2D eigenvalue weighted by molar-refractivity contribution is 7.99. The van der Waals surface area contributed by atoms with Gasteiger partial charge in [-0.1, -0.05) is 72.3 Å². The van der Waals surface area contributed by atoms with Crippen LogP contribution in [0.15, 0.2) is 60.7 Å². The smallest absolute Gasteiger partial charge is 0.232 e. The molecule has 0 unspecified atom stereocenters. The Balaban J connectivity index is 1.34. The summed E-state index contributed by atoms with van der Waals surface area (Å²) >= 11 is 1.71. The molecule has 0 spiro atoms. The minimum absolute atomic E-state index is 0.270. The molecule has 0 bridgehead atoms. The van der Waals surface area contributed by atoms with Gasteiger partial charge in [0, 0.05) is 38.5 Å². The Morgan fingerprint density at radius 3 is 2.41 bits per heavy atom. The molecule has 1 heterocycles. The molecule has 1 amide bonds. The van der Waals surface area contributed by atoms with Gasteiger partial charge in [-0.2, -0.15) is 0 Å². The first-order valence-corrected chi connectivity index (χ1v) is 10.7. The molecule has 142 valence electrons. The Bertz CT molecular complexity index is 735. The zero-order valence-corrected chi connectivity index (χ0v) is 16.8. The normalized spacial score (nSPS) is 15.4. The first kappa shape index (κ1) is 19.7. The molecule has 0 saturated carbocycles. The highest BCUT2D eigenvalue weighted by Gasteiger charge is 2.20. The van der Waals surface area contributed by atoms with Crippen molar-refractivity contribution in [2.45, 2.75) is 12.7 Å². The lowest BCUT2D eigenvalue weighted by atomic mass is 10.2. The van der Waals surface area contributed by atoms with Gasteiger partial charge in [-0.25, -0.2) is 0 Å². The van der Waals surface area contributed by atoms with Gasteiger partial charge < -0.3 is 4.90 Å². The molecule has 0 atom stereocenters. The minimum atomic E-state index is 0.270. The quantitative estimate of drug-likeness (QED) is 0.723. The maximum Gasteiger partial charge on any atom is 0.232 e. The monoisotopic (exact) mass is 380 g/mol. The van der Waals surface area contributed by atoms with Crippen LogP contribution in [0.1, 0.15) is 16.7 Å². The standard InChI is InChI=1S/C23H28N2OS/c1-20-9-11-22(12-10-20)18-27-19-23(26)25-16-14-24(15-17-25)13-5-8-21-6-3-2-4-7-21/h2-12H,13-19H2,1H3/b8-5+. The fraction of sp³-hybridized carbons (Fsp3) is 0.348. The van der Waals surface area contributed by atoms with E-state index in [-0.39, 0.29) is 5.91 Å². The predicted octanol–water partition coefficient (Wildman–Crippen LogP) is 4.09. The fourth-order valence-corrected chi connectivity index (χ4v) is 4.00. The molecule has 0 N–H and O–H groups in total. The van der Waals surface area contributed by atoms with E-state index in [1.807, 2.05) is 11.0 Å². The molecule has 1 aliphatic heterocycles. The van der Waals surface area contributed by atoms with Crippen LogP contribution in [-0.2, 0) is 10.5 Å². The Hall–Kier alpha value is -2.04. The molecule has 0 radical (unpaired) electrons. The first-order valence-electron chi connectivity index (χ1n) is 9.56. The third-order valence-electron chi connectivity index (χ3n) is 4.81. The molecule has 2 aromatic carbocycles. The molecular formula is C23H28N2OS. The second-order valence-electron chi connectivity index (χ2n) is 6.97. The van der Waals surface area contributed by atoms with Gasteiger partial charge in [-0.15, -0.1) is 11.8 Å². The van der Waals surface area contributed by atoms with Crippen molar-refractivity contribution in [2.24, 2.45) is 0 Å². The van der Waals surface area contributed by atoms with Gasteiger partial charge in [0.05, 0.1) is 5.75 Å². The third-order valence-corrected chi connectivity index (χ3v) is 5.80. The molecular weight excluding hydrogens is 352 g/mol. The molecule has 4 heteroatoms. The lowest BCUT2D eigenvalue weighted by Crippen LogP contribution is -2.49. The van der Waals surface area contributed by atoms with Crippen molar-refractivity contribution in [3.05, 3.63) is 77.4 Å². The number of thioether (sulfide) groups is 1. The van der Waals surface area contributed by atoms with Crippen LogP contribution in [0.4, 0.5) is 0 Å². The lowest BCUT2D eigenvalue weighted by Gasteiger charge is -2.34. The van der Waals surface area contributed by atoms with Crippen LogP contribution in [0, 0.1) is 6.92 Å². The fourth-order valence-electron chi connectivity index (χ4n) is 3.11. The molecule has 0 aromatic heterocycles. The van der Waals surface area contributed by atoms with Gasteiger partial charge in [0.15, 0.2) is 0 Å². The van der Waals surface area contributed by atoms with Crippen molar-refractivity contribution in [1.29, 1.82) is 0 Å². The summed E-state index contributed by atoms with van der Waals surface area (Å²) in [5.41, 5.74) is 3.79. The Labute approximate surface area is 167 Å². The van der Waals surface area contributed by atoms with Crippen LogP contribution in [0.25, 0.3) is 6.08 Å². The summed E-state index contributed by atoms with van der Waals surface area (Å²) in [5.74, 6) is 1.74. The third kappa shape index (κ3) is 6.56. The molecule has 0 aliphatic carbocycles. The van der Waals surface area contributed by atoms with E-state index in [1.54, 1.807) is 11.8 Å². The van der Waals surface area contributed by atoms with Gasteiger partial charge in [-0.3, -0.25) is 9.69 Å². The van der Waals surface area contributed by atoms with Crippen molar-refractivity contribution in [3.8, 4) is 0 Å². The molecule has 27 heavy (non-hydrogen) atoms. The molecule has 1 saturated heterocycles. The number of hydrogen-bond acceptors (Lipinski definition) is 3. The summed E-state index contributed by atoms with van der Waals surface area (Å²) in [6.45, 7) is 6.61. The number of aryl methyl sites for hydroxylation is 1. The van der Waals surface area contributed by atoms with Crippen LogP contribution >= 0.6 is 11.8 Å². The van der Waals surface area contributed by atoms with E-state index in [2.05, 4.69) is 72.5 Å². The highest BCUT2D eigenvalue weighted by atomic mass is 32.2. The van der Waals surface area contributed by atoms with E-state index in [1.165, 1.54) is 16.7 Å². The second-order valence-corrected chi connectivity index (χ2v) is 7.96. The largest absolute Gasteiger partial charge is 0.339 e. The molecule has 3 rings (SSSR count). The summed E-state index contributed by atoms with van der Waals surface area (Å²) in [6, 6.07) is 18.9. The summed E-state index contributed by atoms with van der Waals surface area (Å²) in [7, 11) is 0. The van der Waals surface area contributed by atoms with Crippen LogP contribution in [0.2, 0.25) is 0 Å². The average molecular weight is 381 g/mol. The van der Waals surface area contributed by atoms with Crippen molar-refractivity contribution in [2.75, 3.05) is 38.5 Å². The van der Waals surface area contributed by atoms with E-state index in [0.29, 0.717) is 5.75 Å². The van der Waals surface area contributed by atoms with Crippen molar-refractivity contribution in [3.63, 3.8) is 0 Å². The van der Waals surface area contributed by atoms with Gasteiger partial charge in [0.2, 0.25) is 5.91 Å². The second kappa shape index (κ2) is 10.3. The van der Waals surface area contributed by atoms with Crippen LogP contribution < -0.4 is 0 Å². The zero-order valence-electron chi connectivity index (χ0n) is 16.0. The van der Waals surface area contributed by atoms with E-state index < -0.39 is 0 Å². The van der Waals surface area contributed by atoms with Crippen LogP contribution in [0.3, 0.4) is 0 Å². The summed E-state index contributed by atoms with van der Waals surface area (Å²) in [4.78, 5) is 16.8. The van der Waals surface area contributed by atoms with Gasteiger partial charge in [0.25, 0.3) is 0 Å². The number of amides is 1. The van der Waals surface area contributed by atoms with Crippen molar-refractivity contribution < 1.29 is 4.79 Å². The van der Waals surface area contributed by atoms with Crippen molar-refractivity contribution in [1.82, 2.24) is 9.80 Å². The number of nitrogens with zero attached hydrogens (tertiary/aromatic N) is 2.